The first-order chi connectivity index (χ1) is 66.5. The number of aliphatic carboxylic acids is 5. The zero-order valence-electron chi connectivity index (χ0n) is 75.2. The number of amides is 11. The maximum absolute atomic E-state index is 14.9. The number of carboxylic acid groups (broad SMARTS) is 5. The molecule has 0 aliphatic carbocycles. The number of anilines is 5. The molecule has 0 aliphatic heterocycles. The van der Waals surface area contributed by atoms with Gasteiger partial charge in [0.1, 0.15) is 48.3 Å². The van der Waals surface area contributed by atoms with Crippen LogP contribution in [0.3, 0.4) is 0 Å². The molecule has 0 aliphatic rings. The zero-order valence-corrected chi connectivity index (χ0v) is 76.9. The quantitative estimate of drug-likeness (QED) is 0.0125. The minimum atomic E-state index is -2.13. The van der Waals surface area contributed by atoms with Crippen LogP contribution in [0.4, 0.5) is 29.1 Å². The molecule has 4 aromatic heterocycles. The van der Waals surface area contributed by atoms with Gasteiger partial charge in [0, 0.05) is 111 Å². The minimum absolute atomic E-state index is 0.00415. The van der Waals surface area contributed by atoms with Crippen LogP contribution in [0.5, 0.6) is 0 Å². The molecule has 2 aromatic carbocycles. The highest BCUT2D eigenvalue weighted by Gasteiger charge is 2.37. The SMILES string of the molecule is Nc1nc(N)c2nc(CNc3ccc(C(=O)N[C@@H](CCSSC[C@H](NC(=O)[C@H](CCC(=O)NCC[C@@H](O)C[C@H](O)CO)NC(=O)[C@H](CCC(=O)O)NC(=O)[C@H](CCC(=O)NCC[C@@H](O)C[C@H](O)CO)NC(=O)[C@H](CCC(=O)O)NC(=O)[C@H](CCC(=O)NCC[C@@H](O)C[C@H](O)CO)NC(=O)CC[C@H](NC(=O)c4ccc(NCc5cnc6nc(N)[nH]c(=O)c6n5)cc4)C(=O)O)C(=O)O)C(=O)O)cc3)cnc2n1. The number of nitrogen functional groups attached to an aromatic ring is 3. The lowest BCUT2D eigenvalue weighted by Crippen LogP contribution is -2.59. The number of carbonyl (C=O) groups is 16. The normalized spacial score (nSPS) is 14.2. The van der Waals surface area contributed by atoms with Crippen LogP contribution in [0.25, 0.3) is 22.3 Å². The van der Waals surface area contributed by atoms with Gasteiger partial charge in [0.05, 0.1) is 93.3 Å². The smallest absolute Gasteiger partial charge is 0.327 e. The van der Waals surface area contributed by atoms with Crippen molar-refractivity contribution < 1.29 is 148 Å². The molecule has 766 valence electrons. The van der Waals surface area contributed by atoms with Crippen molar-refractivity contribution in [2.45, 2.75) is 220 Å². The average molecular weight is 2010 g/mol. The summed E-state index contributed by atoms with van der Waals surface area (Å²) in [6.07, 6.45) is -16.4. The van der Waals surface area contributed by atoms with Gasteiger partial charge in [-0.15, -0.1) is 0 Å². The Morgan fingerprint density at radius 1 is 0.364 bits per heavy atom. The number of rotatable bonds is 66. The van der Waals surface area contributed by atoms with Crippen LogP contribution in [-0.2, 0) is 80.2 Å². The van der Waals surface area contributed by atoms with Crippen molar-refractivity contribution in [3.8, 4) is 0 Å². The summed E-state index contributed by atoms with van der Waals surface area (Å²) in [6.45, 7) is -2.84. The molecule has 0 saturated carbocycles. The number of aliphatic hydroxyl groups is 9. The van der Waals surface area contributed by atoms with Gasteiger partial charge in [0.15, 0.2) is 28.1 Å². The molecular formula is C83H116N24O31S2. The molecule has 0 radical (unpaired) electrons. The lowest BCUT2D eigenvalue weighted by molar-refractivity contribution is -0.142. The molecule has 0 saturated heterocycles. The number of hydrogen-bond donors (Lipinski definition) is 31. The van der Waals surface area contributed by atoms with Crippen LogP contribution >= 0.6 is 21.6 Å². The number of H-pyrrole nitrogens is 1. The largest absolute Gasteiger partial charge is 0.481 e. The van der Waals surface area contributed by atoms with Crippen molar-refractivity contribution in [3.05, 3.63) is 93.8 Å². The molecule has 57 heteroatoms. The molecule has 11 amide bonds. The minimum Gasteiger partial charge on any atom is -0.481 e. The number of nitrogens with zero attached hydrogens (tertiary/aromatic N) is 7. The highest BCUT2D eigenvalue weighted by Crippen LogP contribution is 2.25. The maximum Gasteiger partial charge on any atom is 0.327 e. The third kappa shape index (κ3) is 41.7. The first-order valence-electron chi connectivity index (χ1n) is 43.7. The van der Waals surface area contributed by atoms with E-state index in [1.54, 1.807) is 0 Å². The predicted molar refractivity (Wildman–Crippen MR) is 495 cm³/mol. The van der Waals surface area contributed by atoms with Gasteiger partial charge in [-0.05, 0) is 113 Å². The van der Waals surface area contributed by atoms with Crippen LogP contribution in [-0.4, -0.2) is 342 Å². The molecule has 140 heavy (non-hydrogen) atoms. The molecular weight excluding hydrogens is 1890 g/mol. The molecule has 0 unspecified atom stereocenters. The lowest BCUT2D eigenvalue weighted by Gasteiger charge is -2.27. The molecule has 0 spiro atoms. The average Bonchev–Trinajstić information content (AvgIpc) is 0.812. The Morgan fingerprint density at radius 3 is 1.09 bits per heavy atom. The van der Waals surface area contributed by atoms with E-state index in [1.807, 2.05) is 0 Å². The number of carbonyl (C=O) groups excluding carboxylic acids is 11. The van der Waals surface area contributed by atoms with E-state index in [-0.39, 0.29) is 135 Å². The summed E-state index contributed by atoms with van der Waals surface area (Å²) in [5.41, 5.74) is 18.5. The van der Waals surface area contributed by atoms with E-state index >= 15 is 0 Å². The summed E-state index contributed by atoms with van der Waals surface area (Å²) in [6, 6.07) is -4.08. The standard InChI is InChI=1S/C83H116N24O31S2/c84-68-66-69(105-82(85)104-68)92-34-44(94-66)32-90-42-7-3-41(4-8-42)72(126)102-58(80(135)136)24-28-139-140-39-59(81(137)138)103-77(131)54(11-17-62(119)89-27-23-48(113)31-51(116)38-110)98-76(130)56(14-20-65(123)124)100-74(128)53(10-16-61(118)88-26-22-47(112)30-50(115)37-109)97-75(129)55(13-19-64(121)122)99-73(127)52(9-15-60(117)87-25-21-46(111)29-49(114)36-108)96-63(120)18-12-57(79(133)134)101-71(125)40-1-5-43(6-2-40)91-33-45-35-93-70-67(95-45)78(132)107-83(86)106-70/h1-8,34-35,46-59,90-91,108-116H,9-33,36-39H2,(H,87,117)(H,88,118)(H,89,119)(H,96,120)(H,97,129)(H,98,130)(H,99,127)(H,100,128)(H,101,125)(H,102,126)(H,103,131)(H,121,122)(H,123,124)(H,133,134)(H,135,136)(H,137,138)(H4,84,85,92,104,105)(H3,86,93,106,107,132)/t46-,47-,48-,49+,50+,51+,52+,53+,54+,55+,56+,57+,58+,59+/m1/s1. The maximum atomic E-state index is 14.9. The van der Waals surface area contributed by atoms with E-state index in [4.69, 9.17) is 17.2 Å². The summed E-state index contributed by atoms with van der Waals surface area (Å²) in [4.78, 5) is 261. The predicted octanol–water partition coefficient (Wildman–Crippen LogP) is -7.07. The second-order valence-corrected chi connectivity index (χ2v) is 34.5. The van der Waals surface area contributed by atoms with Gasteiger partial charge in [-0.3, -0.25) is 72.1 Å². The van der Waals surface area contributed by atoms with Gasteiger partial charge in [0.2, 0.25) is 65.1 Å². The fourth-order valence-corrected chi connectivity index (χ4v) is 15.3. The molecule has 4 heterocycles. The Morgan fingerprint density at radius 2 is 0.707 bits per heavy atom. The van der Waals surface area contributed by atoms with Crippen molar-refractivity contribution in [3.63, 3.8) is 0 Å². The summed E-state index contributed by atoms with van der Waals surface area (Å²) < 4.78 is 0. The lowest BCUT2D eigenvalue weighted by atomic mass is 10.0. The first-order valence-corrected chi connectivity index (χ1v) is 46.2. The van der Waals surface area contributed by atoms with Crippen molar-refractivity contribution >= 4 is 168 Å². The van der Waals surface area contributed by atoms with Crippen molar-refractivity contribution in [1.29, 1.82) is 0 Å². The van der Waals surface area contributed by atoms with Crippen molar-refractivity contribution in [2.75, 3.05) is 78.8 Å². The monoisotopic (exact) mass is 2010 g/mol. The van der Waals surface area contributed by atoms with E-state index in [1.165, 1.54) is 60.9 Å². The molecule has 34 N–H and O–H groups in total. The fourth-order valence-electron chi connectivity index (χ4n) is 13.0. The van der Waals surface area contributed by atoms with Crippen molar-refractivity contribution in [2.24, 2.45) is 0 Å². The third-order valence-electron chi connectivity index (χ3n) is 20.6. The van der Waals surface area contributed by atoms with Gasteiger partial charge in [-0.2, -0.15) is 15.0 Å². The van der Waals surface area contributed by atoms with Crippen LogP contribution in [0.1, 0.15) is 154 Å². The fraction of sp³-hybridized carbons (Fsp3) is 0.518. The second-order valence-electron chi connectivity index (χ2n) is 31.8. The van der Waals surface area contributed by atoms with E-state index in [0.717, 1.165) is 21.6 Å². The second kappa shape index (κ2) is 59.3. The molecule has 0 fully saturated rings. The highest BCUT2D eigenvalue weighted by atomic mass is 33.1. The number of aromatic nitrogens is 8. The summed E-state index contributed by atoms with van der Waals surface area (Å²) >= 11 is 0. The van der Waals surface area contributed by atoms with Crippen LogP contribution in [0.2, 0.25) is 0 Å². The number of nitrogens with two attached hydrogens (primary N) is 3. The highest BCUT2D eigenvalue weighted by molar-refractivity contribution is 8.76. The topological polar surface area (TPSA) is 914 Å². The van der Waals surface area contributed by atoms with Crippen LogP contribution in [0.15, 0.2) is 65.7 Å². The summed E-state index contributed by atoms with van der Waals surface area (Å²) in [5.74, 6) is -21.4. The molecule has 0 bridgehead atoms. The molecule has 6 rings (SSSR count). The van der Waals surface area contributed by atoms with Gasteiger partial charge in [0.25, 0.3) is 17.4 Å². The van der Waals surface area contributed by atoms with Gasteiger partial charge < -0.3 is 158 Å². The van der Waals surface area contributed by atoms with Gasteiger partial charge >= 0.3 is 29.8 Å². The number of aromatic amines is 1. The zero-order chi connectivity index (χ0) is 103. The summed E-state index contributed by atoms with van der Waals surface area (Å²) in [5, 5.41) is 171. The molecule has 6 aromatic rings. The number of fused-ring (bicyclic) bond motifs is 2. The van der Waals surface area contributed by atoms with E-state index in [9.17, 15) is 153 Å². The number of hydrogen-bond acceptors (Lipinski definition) is 40. The van der Waals surface area contributed by atoms with Gasteiger partial charge in [-0.25, -0.2) is 34.3 Å². The summed E-state index contributed by atoms with van der Waals surface area (Å²) in [7, 11) is 1.72. The Labute approximate surface area is 803 Å². The Kier molecular flexibility index (Phi) is 48.5. The Bertz CT molecular complexity index is 5290. The molecule has 55 nitrogen and oxygen atoms in total. The molecule has 14 atom stereocenters. The number of nitrogens with one attached hydrogen (secondary N) is 14. The van der Waals surface area contributed by atoms with Crippen LogP contribution in [0, 0.1) is 0 Å². The first kappa shape index (κ1) is 115. The van der Waals surface area contributed by atoms with Gasteiger partial charge in [-0.1, -0.05) is 21.6 Å². The number of carboxylic acids is 5. The Balaban J connectivity index is 1.21. The van der Waals surface area contributed by atoms with E-state index in [0.29, 0.717) is 22.8 Å². The van der Waals surface area contributed by atoms with E-state index in [2.05, 4.69) is 109 Å². The number of aliphatic hydroxyl groups excluding tert-OH is 9. The van der Waals surface area contributed by atoms with Crippen LogP contribution < -0.4 is 91.9 Å². The third-order valence-corrected chi connectivity index (χ3v) is 23.1. The number of benzene rings is 2. The Hall–Kier alpha value is -14.1. The van der Waals surface area contributed by atoms with Crippen molar-refractivity contribution in [1.82, 2.24) is 98.4 Å². The van der Waals surface area contributed by atoms with E-state index < -0.39 is 288 Å².